The van der Waals surface area contributed by atoms with Gasteiger partial charge >= 0.3 is 0 Å². The van der Waals surface area contributed by atoms with E-state index in [-0.39, 0.29) is 11.8 Å². The Labute approximate surface area is 137 Å². The molecule has 0 aliphatic carbocycles. The first kappa shape index (κ1) is 15.9. The van der Waals surface area contributed by atoms with E-state index in [4.69, 9.17) is 0 Å². The molecule has 1 aliphatic rings. The number of nitrogens with zero attached hydrogens (tertiary/aromatic N) is 1. The van der Waals surface area contributed by atoms with Crippen molar-refractivity contribution in [1.82, 2.24) is 4.90 Å². The van der Waals surface area contributed by atoms with Crippen molar-refractivity contribution < 1.29 is 9.90 Å². The number of piperidine rings is 1. The molecule has 3 heteroatoms. The standard InChI is InChI=1S/C20H23NO2/c22-19(16-9-3-1-4-10-16)15-21-14-8-7-13-18(21)20(23)17-11-5-2-6-12-17/h1-6,9-12,18,20,23H,7-8,13-15H2. The van der Waals surface area contributed by atoms with Gasteiger partial charge in [-0.15, -0.1) is 0 Å². The lowest BCUT2D eigenvalue weighted by molar-refractivity contribution is 0.0255. The zero-order valence-corrected chi connectivity index (χ0v) is 13.3. The SMILES string of the molecule is O=C(CN1CCCCC1C(O)c1ccccc1)c1ccccc1. The second-order valence-electron chi connectivity index (χ2n) is 6.18. The summed E-state index contributed by atoms with van der Waals surface area (Å²) in [5, 5.41) is 10.7. The van der Waals surface area contributed by atoms with E-state index in [1.54, 1.807) is 0 Å². The van der Waals surface area contributed by atoms with E-state index in [9.17, 15) is 9.90 Å². The van der Waals surface area contributed by atoms with E-state index in [0.29, 0.717) is 6.54 Å². The molecule has 1 N–H and O–H groups in total. The van der Waals surface area contributed by atoms with Gasteiger partial charge in [0.1, 0.15) is 0 Å². The quantitative estimate of drug-likeness (QED) is 0.860. The van der Waals surface area contributed by atoms with E-state index >= 15 is 0 Å². The summed E-state index contributed by atoms with van der Waals surface area (Å²) in [5.41, 5.74) is 1.67. The minimum absolute atomic E-state index is 0.0128. The normalized spacial score (nSPS) is 20.1. The highest BCUT2D eigenvalue weighted by Gasteiger charge is 2.30. The van der Waals surface area contributed by atoms with Gasteiger partial charge in [0.15, 0.2) is 5.78 Å². The highest BCUT2D eigenvalue weighted by atomic mass is 16.3. The zero-order chi connectivity index (χ0) is 16.1. The van der Waals surface area contributed by atoms with E-state index in [1.165, 1.54) is 0 Å². The molecule has 1 saturated heterocycles. The smallest absolute Gasteiger partial charge is 0.176 e. The first-order valence-corrected chi connectivity index (χ1v) is 8.31. The van der Waals surface area contributed by atoms with Crippen molar-refractivity contribution in [3.63, 3.8) is 0 Å². The summed E-state index contributed by atoms with van der Waals surface area (Å²) >= 11 is 0. The van der Waals surface area contributed by atoms with Gasteiger partial charge in [-0.2, -0.15) is 0 Å². The van der Waals surface area contributed by atoms with Gasteiger partial charge in [-0.3, -0.25) is 9.69 Å². The van der Waals surface area contributed by atoms with Crippen molar-refractivity contribution in [2.75, 3.05) is 13.1 Å². The molecule has 0 amide bonds. The third kappa shape index (κ3) is 3.87. The number of hydrogen-bond donors (Lipinski definition) is 1. The summed E-state index contributed by atoms with van der Waals surface area (Å²) in [4.78, 5) is 14.6. The molecule has 3 nitrogen and oxygen atoms in total. The van der Waals surface area contributed by atoms with Crippen LogP contribution < -0.4 is 0 Å². The molecule has 2 unspecified atom stereocenters. The monoisotopic (exact) mass is 309 g/mol. The van der Waals surface area contributed by atoms with Crippen LogP contribution in [0.4, 0.5) is 0 Å². The molecule has 1 aliphatic heterocycles. The molecule has 0 saturated carbocycles. The van der Waals surface area contributed by atoms with Crippen molar-refractivity contribution in [3.8, 4) is 0 Å². The van der Waals surface area contributed by atoms with Crippen LogP contribution in [-0.4, -0.2) is 34.9 Å². The van der Waals surface area contributed by atoms with Crippen LogP contribution in [0.25, 0.3) is 0 Å². The van der Waals surface area contributed by atoms with E-state index in [0.717, 1.165) is 36.9 Å². The second-order valence-corrected chi connectivity index (χ2v) is 6.18. The van der Waals surface area contributed by atoms with E-state index in [2.05, 4.69) is 4.90 Å². The van der Waals surface area contributed by atoms with Crippen LogP contribution >= 0.6 is 0 Å². The summed E-state index contributed by atoms with van der Waals surface area (Å²) in [7, 11) is 0. The maximum Gasteiger partial charge on any atom is 0.176 e. The highest BCUT2D eigenvalue weighted by molar-refractivity contribution is 5.97. The van der Waals surface area contributed by atoms with Crippen molar-refractivity contribution in [2.24, 2.45) is 0 Å². The maximum atomic E-state index is 12.5. The van der Waals surface area contributed by atoms with Gasteiger partial charge in [0.05, 0.1) is 12.6 Å². The number of likely N-dealkylation sites (tertiary alicyclic amines) is 1. The molecule has 0 spiro atoms. The van der Waals surface area contributed by atoms with Crippen LogP contribution in [0.1, 0.15) is 41.3 Å². The fourth-order valence-electron chi connectivity index (χ4n) is 3.34. The summed E-state index contributed by atoms with van der Waals surface area (Å²) in [6, 6.07) is 19.2. The molecule has 23 heavy (non-hydrogen) atoms. The molecule has 0 radical (unpaired) electrons. The number of aliphatic hydroxyl groups excluding tert-OH is 1. The van der Waals surface area contributed by atoms with Gasteiger partial charge in [0, 0.05) is 11.6 Å². The number of aliphatic hydroxyl groups is 1. The molecular weight excluding hydrogens is 286 g/mol. The average Bonchev–Trinajstić information content (AvgIpc) is 2.63. The average molecular weight is 309 g/mol. The topological polar surface area (TPSA) is 40.5 Å². The molecule has 1 heterocycles. The Hall–Kier alpha value is -1.97. The molecule has 120 valence electrons. The fraction of sp³-hybridized carbons (Fsp3) is 0.350. The molecule has 3 rings (SSSR count). The summed E-state index contributed by atoms with van der Waals surface area (Å²) < 4.78 is 0. The van der Waals surface area contributed by atoms with Crippen LogP contribution in [-0.2, 0) is 0 Å². The number of carbonyl (C=O) groups excluding carboxylic acids is 1. The lowest BCUT2D eigenvalue weighted by atomic mass is 9.92. The van der Waals surface area contributed by atoms with Crippen LogP contribution in [0.3, 0.4) is 0 Å². The first-order valence-electron chi connectivity index (χ1n) is 8.31. The van der Waals surface area contributed by atoms with Gasteiger partial charge in [-0.05, 0) is 24.9 Å². The minimum Gasteiger partial charge on any atom is -0.387 e. The molecular formula is C20H23NO2. The predicted molar refractivity (Wildman–Crippen MR) is 91.4 cm³/mol. The molecule has 2 atom stereocenters. The minimum atomic E-state index is -0.542. The Morgan fingerprint density at radius 2 is 1.70 bits per heavy atom. The van der Waals surface area contributed by atoms with Crippen LogP contribution in [0.2, 0.25) is 0 Å². The lowest BCUT2D eigenvalue weighted by Crippen LogP contribution is -2.45. The predicted octanol–water partition coefficient (Wildman–Crippen LogP) is 3.46. The number of ketones is 1. The van der Waals surface area contributed by atoms with E-state index in [1.807, 2.05) is 60.7 Å². The van der Waals surface area contributed by atoms with E-state index < -0.39 is 6.10 Å². The largest absolute Gasteiger partial charge is 0.387 e. The van der Waals surface area contributed by atoms with Gasteiger partial charge < -0.3 is 5.11 Å². The number of benzene rings is 2. The Morgan fingerprint density at radius 1 is 1.04 bits per heavy atom. The maximum absolute atomic E-state index is 12.5. The lowest BCUT2D eigenvalue weighted by Gasteiger charge is -2.38. The fourth-order valence-corrected chi connectivity index (χ4v) is 3.34. The number of Topliss-reactive ketones (excluding diaryl/α,β-unsaturated/α-hetero) is 1. The highest BCUT2D eigenvalue weighted by Crippen LogP contribution is 2.28. The third-order valence-electron chi connectivity index (χ3n) is 4.61. The molecule has 0 aromatic heterocycles. The Morgan fingerprint density at radius 3 is 2.39 bits per heavy atom. The molecule has 0 bridgehead atoms. The Bertz CT molecular complexity index is 627. The Balaban J connectivity index is 1.73. The number of hydrogen-bond acceptors (Lipinski definition) is 3. The Kier molecular flexibility index (Phi) is 5.21. The van der Waals surface area contributed by atoms with Gasteiger partial charge in [-0.1, -0.05) is 67.1 Å². The number of carbonyl (C=O) groups is 1. The molecule has 2 aromatic rings. The zero-order valence-electron chi connectivity index (χ0n) is 13.3. The van der Waals surface area contributed by atoms with Crippen LogP contribution in [0, 0.1) is 0 Å². The van der Waals surface area contributed by atoms with Crippen molar-refractivity contribution in [3.05, 3.63) is 71.8 Å². The third-order valence-corrected chi connectivity index (χ3v) is 4.61. The van der Waals surface area contributed by atoms with Crippen LogP contribution in [0.15, 0.2) is 60.7 Å². The van der Waals surface area contributed by atoms with Gasteiger partial charge in [-0.25, -0.2) is 0 Å². The summed E-state index contributed by atoms with van der Waals surface area (Å²) in [6.45, 7) is 1.24. The van der Waals surface area contributed by atoms with Gasteiger partial charge in [0.2, 0.25) is 0 Å². The number of rotatable bonds is 5. The van der Waals surface area contributed by atoms with Gasteiger partial charge in [0.25, 0.3) is 0 Å². The first-order chi connectivity index (χ1) is 11.3. The summed E-state index contributed by atoms with van der Waals surface area (Å²) in [6.07, 6.45) is 2.57. The molecule has 2 aromatic carbocycles. The van der Waals surface area contributed by atoms with Crippen molar-refractivity contribution >= 4 is 5.78 Å². The van der Waals surface area contributed by atoms with Crippen molar-refractivity contribution in [1.29, 1.82) is 0 Å². The second kappa shape index (κ2) is 7.53. The van der Waals surface area contributed by atoms with Crippen molar-refractivity contribution in [2.45, 2.75) is 31.4 Å². The summed E-state index contributed by atoms with van der Waals surface area (Å²) in [5.74, 6) is 0.123. The van der Waals surface area contributed by atoms with Crippen LogP contribution in [0.5, 0.6) is 0 Å². The molecule has 1 fully saturated rings.